The van der Waals surface area contributed by atoms with Crippen molar-refractivity contribution in [3.63, 3.8) is 0 Å². The van der Waals surface area contributed by atoms with Crippen LogP contribution < -0.4 is 10.2 Å². The van der Waals surface area contributed by atoms with Gasteiger partial charge in [-0.05, 0) is 25.0 Å². The van der Waals surface area contributed by atoms with Crippen LogP contribution in [0.1, 0.15) is 44.0 Å². The smallest absolute Gasteiger partial charge is 0.318 e. The van der Waals surface area contributed by atoms with Crippen LogP contribution in [0.2, 0.25) is 0 Å². The fraction of sp³-hybridized carbons (Fsp3) is 0.500. The normalized spacial score (nSPS) is 18.4. The first-order valence-corrected chi connectivity index (χ1v) is 9.99. The molecule has 1 aromatic carbocycles. The molecule has 1 saturated carbocycles. The summed E-state index contributed by atoms with van der Waals surface area (Å²) in [5.41, 5.74) is 0.869. The highest BCUT2D eigenvalue weighted by Gasteiger charge is 2.28. The lowest BCUT2D eigenvalue weighted by atomic mass is 9.95. The van der Waals surface area contributed by atoms with E-state index in [0.29, 0.717) is 25.7 Å². The molecule has 1 aromatic heterocycles. The number of nitrogens with one attached hydrogen (secondary N) is 1. The van der Waals surface area contributed by atoms with E-state index in [2.05, 4.69) is 20.1 Å². The number of hydrogen-bond donors (Lipinski definition) is 1. The molecule has 0 bridgehead atoms. The molecular formula is C20H26N6O2. The Morgan fingerprint density at radius 3 is 2.64 bits per heavy atom. The Labute approximate surface area is 164 Å². The van der Waals surface area contributed by atoms with Crippen LogP contribution in [-0.4, -0.2) is 51.2 Å². The highest BCUT2D eigenvalue weighted by atomic mass is 16.2. The highest BCUT2D eigenvalue weighted by molar-refractivity contribution is 5.97. The Bertz CT molecular complexity index is 815. The zero-order chi connectivity index (χ0) is 19.3. The summed E-state index contributed by atoms with van der Waals surface area (Å²) in [6.07, 6.45) is 7.77. The maximum Gasteiger partial charge on any atom is 0.318 e. The summed E-state index contributed by atoms with van der Waals surface area (Å²) in [6.45, 7) is 1.40. The third-order valence-electron chi connectivity index (χ3n) is 5.59. The van der Waals surface area contributed by atoms with Gasteiger partial charge in [0.15, 0.2) is 5.82 Å². The van der Waals surface area contributed by atoms with E-state index in [-0.39, 0.29) is 18.5 Å². The molecule has 8 heteroatoms. The van der Waals surface area contributed by atoms with Gasteiger partial charge in [0.2, 0.25) is 5.91 Å². The lowest BCUT2D eigenvalue weighted by Crippen LogP contribution is -2.54. The van der Waals surface area contributed by atoms with Crippen molar-refractivity contribution < 1.29 is 9.59 Å². The minimum Gasteiger partial charge on any atom is -0.331 e. The second-order valence-corrected chi connectivity index (χ2v) is 7.41. The van der Waals surface area contributed by atoms with Crippen molar-refractivity contribution in [3.8, 4) is 0 Å². The van der Waals surface area contributed by atoms with E-state index in [9.17, 15) is 9.59 Å². The van der Waals surface area contributed by atoms with Crippen LogP contribution in [0.4, 0.5) is 10.5 Å². The molecule has 148 valence electrons. The Kier molecular flexibility index (Phi) is 5.55. The molecular weight excluding hydrogens is 356 g/mol. The highest BCUT2D eigenvalue weighted by Crippen LogP contribution is 2.28. The zero-order valence-corrected chi connectivity index (χ0v) is 16.0. The minimum atomic E-state index is -0.237. The molecule has 28 heavy (non-hydrogen) atoms. The molecule has 8 nitrogen and oxygen atoms in total. The Morgan fingerprint density at radius 2 is 1.89 bits per heavy atom. The van der Waals surface area contributed by atoms with E-state index in [0.717, 1.165) is 24.4 Å². The number of carbonyl (C=O) groups is 2. The van der Waals surface area contributed by atoms with Gasteiger partial charge < -0.3 is 19.7 Å². The number of hydrogen-bond acceptors (Lipinski definition) is 4. The van der Waals surface area contributed by atoms with E-state index in [1.54, 1.807) is 16.1 Å². The third kappa shape index (κ3) is 4.00. The first kappa shape index (κ1) is 18.5. The molecule has 0 atom stereocenters. The van der Waals surface area contributed by atoms with Crippen molar-refractivity contribution in [2.75, 3.05) is 24.5 Å². The molecule has 2 aromatic rings. The number of amides is 3. The Morgan fingerprint density at radius 1 is 1.11 bits per heavy atom. The molecule has 4 rings (SSSR count). The molecule has 0 spiro atoms. The number of rotatable bonds is 4. The number of piperazine rings is 1. The van der Waals surface area contributed by atoms with E-state index in [1.165, 1.54) is 19.3 Å². The summed E-state index contributed by atoms with van der Waals surface area (Å²) in [7, 11) is 0. The van der Waals surface area contributed by atoms with Crippen LogP contribution in [-0.2, 0) is 11.3 Å². The summed E-state index contributed by atoms with van der Waals surface area (Å²) in [5, 5.41) is 11.1. The van der Waals surface area contributed by atoms with E-state index < -0.39 is 0 Å². The molecule has 3 amide bonds. The fourth-order valence-corrected chi connectivity index (χ4v) is 4.05. The summed E-state index contributed by atoms with van der Waals surface area (Å²) >= 11 is 0. The van der Waals surface area contributed by atoms with E-state index >= 15 is 0 Å². The molecule has 0 unspecified atom stereocenters. The quantitative estimate of drug-likeness (QED) is 0.880. The molecule has 2 fully saturated rings. The van der Waals surface area contributed by atoms with E-state index in [1.807, 2.05) is 30.3 Å². The van der Waals surface area contributed by atoms with Crippen molar-refractivity contribution in [1.29, 1.82) is 0 Å². The predicted octanol–water partition coefficient (Wildman–Crippen LogP) is 2.34. The topological polar surface area (TPSA) is 83.4 Å². The van der Waals surface area contributed by atoms with Crippen molar-refractivity contribution >= 4 is 17.6 Å². The Hall–Kier alpha value is -2.90. The van der Waals surface area contributed by atoms with Gasteiger partial charge >= 0.3 is 6.03 Å². The summed E-state index contributed by atoms with van der Waals surface area (Å²) < 4.78 is 2.10. The molecule has 1 N–H and O–H groups in total. The molecule has 2 aliphatic rings. The number of aromatic nitrogens is 3. The molecule has 1 saturated heterocycles. The first-order chi connectivity index (χ1) is 13.7. The largest absolute Gasteiger partial charge is 0.331 e. The number of benzene rings is 1. The van der Waals surface area contributed by atoms with Gasteiger partial charge in [-0.3, -0.25) is 4.79 Å². The van der Waals surface area contributed by atoms with Gasteiger partial charge in [-0.25, -0.2) is 4.79 Å². The number of urea groups is 1. The SMILES string of the molecule is O=C(NCc1nncn1C1CCCCC1)N1CCN(c2ccccc2)C(=O)C1. The van der Waals surface area contributed by atoms with Gasteiger partial charge in [0, 0.05) is 24.8 Å². The molecule has 1 aliphatic heterocycles. The average Bonchev–Trinajstić information content (AvgIpc) is 3.22. The fourth-order valence-electron chi connectivity index (χ4n) is 4.05. The third-order valence-corrected chi connectivity index (χ3v) is 5.59. The molecule has 1 aliphatic carbocycles. The van der Waals surface area contributed by atoms with Gasteiger partial charge in [0.1, 0.15) is 12.9 Å². The summed E-state index contributed by atoms with van der Waals surface area (Å²) in [6, 6.07) is 9.74. The number of carbonyl (C=O) groups excluding carboxylic acids is 2. The summed E-state index contributed by atoms with van der Waals surface area (Å²) in [4.78, 5) is 28.3. The van der Waals surface area contributed by atoms with Crippen LogP contribution in [0.5, 0.6) is 0 Å². The van der Waals surface area contributed by atoms with Gasteiger partial charge in [0.05, 0.1) is 6.54 Å². The zero-order valence-electron chi connectivity index (χ0n) is 16.0. The summed E-state index contributed by atoms with van der Waals surface area (Å²) in [5.74, 6) is 0.701. The monoisotopic (exact) mass is 382 g/mol. The maximum absolute atomic E-state index is 12.6. The minimum absolute atomic E-state index is 0.0713. The second-order valence-electron chi connectivity index (χ2n) is 7.41. The number of nitrogens with zero attached hydrogens (tertiary/aromatic N) is 5. The van der Waals surface area contributed by atoms with Crippen LogP contribution in [0.3, 0.4) is 0 Å². The van der Waals surface area contributed by atoms with Crippen molar-refractivity contribution in [2.45, 2.75) is 44.7 Å². The van der Waals surface area contributed by atoms with Crippen LogP contribution in [0.25, 0.3) is 0 Å². The van der Waals surface area contributed by atoms with Crippen molar-refractivity contribution in [3.05, 3.63) is 42.5 Å². The van der Waals surface area contributed by atoms with E-state index in [4.69, 9.17) is 0 Å². The van der Waals surface area contributed by atoms with Crippen LogP contribution in [0.15, 0.2) is 36.7 Å². The van der Waals surface area contributed by atoms with Crippen molar-refractivity contribution in [2.24, 2.45) is 0 Å². The van der Waals surface area contributed by atoms with Gasteiger partial charge in [0.25, 0.3) is 0 Å². The lowest BCUT2D eigenvalue weighted by Gasteiger charge is -2.34. The average molecular weight is 382 g/mol. The number of anilines is 1. The standard InChI is InChI=1S/C20H26N6O2/c27-19-14-24(11-12-25(19)16-7-3-1-4-8-16)20(28)21-13-18-23-22-15-26(18)17-9-5-2-6-10-17/h1,3-4,7-8,15,17H,2,5-6,9-14H2,(H,21,28). The van der Waals surface area contributed by atoms with Gasteiger partial charge in [-0.15, -0.1) is 10.2 Å². The maximum atomic E-state index is 12.6. The predicted molar refractivity (Wildman–Crippen MR) is 105 cm³/mol. The van der Waals surface area contributed by atoms with Crippen LogP contribution >= 0.6 is 0 Å². The molecule has 2 heterocycles. The molecule has 0 radical (unpaired) electrons. The number of para-hydroxylation sites is 1. The lowest BCUT2D eigenvalue weighted by molar-refractivity contribution is -0.120. The van der Waals surface area contributed by atoms with Gasteiger partial charge in [-0.1, -0.05) is 37.5 Å². The van der Waals surface area contributed by atoms with Crippen molar-refractivity contribution in [1.82, 2.24) is 25.0 Å². The Balaban J connectivity index is 1.32. The first-order valence-electron chi connectivity index (χ1n) is 9.99. The van der Waals surface area contributed by atoms with Crippen LogP contribution in [0, 0.1) is 0 Å². The second kappa shape index (κ2) is 8.41. The van der Waals surface area contributed by atoms with Gasteiger partial charge in [-0.2, -0.15) is 0 Å².